The van der Waals surface area contributed by atoms with Gasteiger partial charge in [-0.3, -0.25) is 4.98 Å². The fourth-order valence-electron chi connectivity index (χ4n) is 2.16. The Labute approximate surface area is 136 Å². The lowest BCUT2D eigenvalue weighted by Gasteiger charge is -2.05. The Morgan fingerprint density at radius 3 is 2.64 bits per heavy atom. The van der Waals surface area contributed by atoms with Crippen molar-refractivity contribution < 1.29 is 9.90 Å². The normalized spacial score (nSPS) is 10.6. The zero-order chi connectivity index (χ0) is 15.7. The highest BCUT2D eigenvalue weighted by molar-refractivity contribution is 7.13. The molecule has 0 saturated heterocycles. The standard InChI is InChI=1S/C16H11ClN2O2S/c1-9-14(12(16(20)21)6-7-18-9)15-19-13(8-22-15)10-2-4-11(17)5-3-10/h2-8H,1H3,(H,20,21). The third-order valence-electron chi connectivity index (χ3n) is 3.23. The topological polar surface area (TPSA) is 63.1 Å². The molecule has 22 heavy (non-hydrogen) atoms. The molecule has 0 unspecified atom stereocenters. The van der Waals surface area contributed by atoms with Gasteiger partial charge in [-0.15, -0.1) is 11.3 Å². The van der Waals surface area contributed by atoms with Crippen molar-refractivity contribution in [3.8, 4) is 21.8 Å². The van der Waals surface area contributed by atoms with E-state index >= 15 is 0 Å². The smallest absolute Gasteiger partial charge is 0.336 e. The van der Waals surface area contributed by atoms with Crippen molar-refractivity contribution >= 4 is 28.9 Å². The number of nitrogens with zero attached hydrogens (tertiary/aromatic N) is 2. The van der Waals surface area contributed by atoms with E-state index in [0.717, 1.165) is 11.3 Å². The Morgan fingerprint density at radius 2 is 1.95 bits per heavy atom. The van der Waals surface area contributed by atoms with Crippen LogP contribution in [0, 0.1) is 6.92 Å². The zero-order valence-electron chi connectivity index (χ0n) is 11.6. The fourth-order valence-corrected chi connectivity index (χ4v) is 3.22. The number of carboxylic acid groups (broad SMARTS) is 1. The molecule has 2 aromatic heterocycles. The van der Waals surface area contributed by atoms with Crippen LogP contribution in [0.2, 0.25) is 5.02 Å². The number of carbonyl (C=O) groups is 1. The van der Waals surface area contributed by atoms with Crippen LogP contribution in [-0.2, 0) is 0 Å². The maximum absolute atomic E-state index is 11.4. The SMILES string of the molecule is Cc1nccc(C(=O)O)c1-c1nc(-c2ccc(Cl)cc2)cs1. The Hall–Kier alpha value is -2.24. The summed E-state index contributed by atoms with van der Waals surface area (Å²) in [5.41, 5.74) is 3.16. The first-order valence-corrected chi connectivity index (χ1v) is 7.73. The van der Waals surface area contributed by atoms with Crippen LogP contribution in [-0.4, -0.2) is 21.0 Å². The summed E-state index contributed by atoms with van der Waals surface area (Å²) in [4.78, 5) is 20.1. The van der Waals surface area contributed by atoms with E-state index in [0.29, 0.717) is 21.3 Å². The second-order valence-corrected chi connectivity index (χ2v) is 5.96. The number of rotatable bonds is 3. The number of benzene rings is 1. The molecule has 0 bridgehead atoms. The van der Waals surface area contributed by atoms with E-state index in [1.165, 1.54) is 23.6 Å². The van der Waals surface area contributed by atoms with Crippen LogP contribution in [0.15, 0.2) is 41.9 Å². The maximum atomic E-state index is 11.4. The van der Waals surface area contributed by atoms with Crippen LogP contribution in [0.25, 0.3) is 21.8 Å². The monoisotopic (exact) mass is 330 g/mol. The largest absolute Gasteiger partial charge is 0.478 e. The van der Waals surface area contributed by atoms with Crippen molar-refractivity contribution in [1.82, 2.24) is 9.97 Å². The van der Waals surface area contributed by atoms with E-state index in [1.54, 1.807) is 19.1 Å². The molecule has 110 valence electrons. The lowest BCUT2D eigenvalue weighted by atomic mass is 10.1. The summed E-state index contributed by atoms with van der Waals surface area (Å²) in [5, 5.41) is 12.5. The second-order valence-electron chi connectivity index (χ2n) is 4.67. The van der Waals surface area contributed by atoms with Gasteiger partial charge in [-0.1, -0.05) is 23.7 Å². The maximum Gasteiger partial charge on any atom is 0.336 e. The Balaban J connectivity index is 2.08. The van der Waals surface area contributed by atoms with Gasteiger partial charge < -0.3 is 5.11 Å². The van der Waals surface area contributed by atoms with Gasteiger partial charge in [0.15, 0.2) is 0 Å². The fraction of sp³-hybridized carbons (Fsp3) is 0.0625. The minimum absolute atomic E-state index is 0.213. The number of halogens is 1. The summed E-state index contributed by atoms with van der Waals surface area (Å²) in [6, 6.07) is 8.86. The van der Waals surface area contributed by atoms with Gasteiger partial charge in [-0.05, 0) is 25.1 Å². The highest BCUT2D eigenvalue weighted by Gasteiger charge is 2.18. The van der Waals surface area contributed by atoms with Gasteiger partial charge in [-0.2, -0.15) is 0 Å². The molecule has 0 aliphatic rings. The van der Waals surface area contributed by atoms with Gasteiger partial charge in [0.2, 0.25) is 0 Å². The van der Waals surface area contributed by atoms with Gasteiger partial charge in [0.25, 0.3) is 0 Å². The summed E-state index contributed by atoms with van der Waals surface area (Å²) in [7, 11) is 0. The molecular weight excluding hydrogens is 320 g/mol. The summed E-state index contributed by atoms with van der Waals surface area (Å²) in [6.07, 6.45) is 1.50. The average molecular weight is 331 g/mol. The Kier molecular flexibility index (Phi) is 3.92. The first kappa shape index (κ1) is 14.7. The molecule has 1 aromatic carbocycles. The zero-order valence-corrected chi connectivity index (χ0v) is 13.1. The molecule has 0 fully saturated rings. The molecule has 0 amide bonds. The lowest BCUT2D eigenvalue weighted by Crippen LogP contribution is -2.02. The van der Waals surface area contributed by atoms with Crippen LogP contribution in [0.4, 0.5) is 0 Å². The molecule has 6 heteroatoms. The molecule has 0 spiro atoms. The highest BCUT2D eigenvalue weighted by Crippen LogP contribution is 2.32. The van der Waals surface area contributed by atoms with Gasteiger partial charge in [-0.25, -0.2) is 9.78 Å². The van der Waals surface area contributed by atoms with Crippen LogP contribution in [0.1, 0.15) is 16.1 Å². The first-order valence-electron chi connectivity index (χ1n) is 6.47. The highest BCUT2D eigenvalue weighted by atomic mass is 35.5. The predicted molar refractivity (Wildman–Crippen MR) is 87.5 cm³/mol. The number of hydrogen-bond donors (Lipinski definition) is 1. The quantitative estimate of drug-likeness (QED) is 0.766. The Bertz CT molecular complexity index is 844. The van der Waals surface area contributed by atoms with Gasteiger partial charge in [0, 0.05) is 33.4 Å². The summed E-state index contributed by atoms with van der Waals surface area (Å²) in [6.45, 7) is 1.78. The van der Waals surface area contributed by atoms with E-state index in [4.69, 9.17) is 11.6 Å². The van der Waals surface area contributed by atoms with Crippen molar-refractivity contribution in [2.45, 2.75) is 6.92 Å². The first-order chi connectivity index (χ1) is 10.6. The van der Waals surface area contributed by atoms with Crippen molar-refractivity contribution in [1.29, 1.82) is 0 Å². The predicted octanol–water partition coefficient (Wildman–Crippen LogP) is 4.53. The number of thiazole rings is 1. The van der Waals surface area contributed by atoms with Crippen molar-refractivity contribution in [2.75, 3.05) is 0 Å². The Morgan fingerprint density at radius 1 is 1.23 bits per heavy atom. The van der Waals surface area contributed by atoms with E-state index < -0.39 is 5.97 Å². The number of carboxylic acids is 1. The molecule has 1 N–H and O–H groups in total. The van der Waals surface area contributed by atoms with Gasteiger partial charge in [0.1, 0.15) is 5.01 Å². The number of hydrogen-bond acceptors (Lipinski definition) is 4. The molecule has 0 atom stereocenters. The van der Waals surface area contributed by atoms with Crippen LogP contribution in [0.5, 0.6) is 0 Å². The number of aryl methyl sites for hydroxylation is 1. The third-order valence-corrected chi connectivity index (χ3v) is 4.34. The van der Waals surface area contributed by atoms with E-state index in [2.05, 4.69) is 9.97 Å². The molecule has 0 radical (unpaired) electrons. The molecule has 0 aliphatic carbocycles. The van der Waals surface area contributed by atoms with Crippen molar-refractivity contribution in [3.63, 3.8) is 0 Å². The van der Waals surface area contributed by atoms with Crippen LogP contribution >= 0.6 is 22.9 Å². The lowest BCUT2D eigenvalue weighted by molar-refractivity contribution is 0.0697. The molecular formula is C16H11ClN2O2S. The molecule has 3 aromatic rings. The minimum Gasteiger partial charge on any atom is -0.478 e. The summed E-state index contributed by atoms with van der Waals surface area (Å²) in [5.74, 6) is -0.983. The van der Waals surface area contributed by atoms with Crippen LogP contribution in [0.3, 0.4) is 0 Å². The number of aromatic carboxylic acids is 1. The summed E-state index contributed by atoms with van der Waals surface area (Å²) < 4.78 is 0. The molecule has 0 aliphatic heterocycles. The van der Waals surface area contributed by atoms with Crippen molar-refractivity contribution in [3.05, 3.63) is 58.2 Å². The number of pyridine rings is 1. The molecule has 4 nitrogen and oxygen atoms in total. The minimum atomic E-state index is -0.983. The van der Waals surface area contributed by atoms with E-state index in [-0.39, 0.29) is 5.56 Å². The summed E-state index contributed by atoms with van der Waals surface area (Å²) >= 11 is 7.29. The van der Waals surface area contributed by atoms with Gasteiger partial charge in [0.05, 0.1) is 11.3 Å². The molecule has 0 saturated carbocycles. The van der Waals surface area contributed by atoms with Crippen molar-refractivity contribution in [2.24, 2.45) is 0 Å². The van der Waals surface area contributed by atoms with E-state index in [9.17, 15) is 9.90 Å². The average Bonchev–Trinajstić information content (AvgIpc) is 2.97. The number of aromatic nitrogens is 2. The molecule has 2 heterocycles. The molecule has 3 rings (SSSR count). The van der Waals surface area contributed by atoms with Crippen LogP contribution < -0.4 is 0 Å². The van der Waals surface area contributed by atoms with Gasteiger partial charge >= 0.3 is 5.97 Å². The third kappa shape index (κ3) is 2.73. The van der Waals surface area contributed by atoms with E-state index in [1.807, 2.05) is 17.5 Å². The second kappa shape index (κ2) is 5.87.